The van der Waals surface area contributed by atoms with Crippen molar-refractivity contribution in [1.29, 1.82) is 0 Å². The van der Waals surface area contributed by atoms with Gasteiger partial charge < -0.3 is 19.5 Å². The first-order chi connectivity index (χ1) is 5.91. The van der Waals surface area contributed by atoms with Crippen molar-refractivity contribution in [2.45, 2.75) is 12.8 Å². The fraction of sp³-hybridized carbons (Fsp3) is 0.500. The average molecular weight is 233 g/mol. The molecule has 0 saturated carbocycles. The summed E-state index contributed by atoms with van der Waals surface area (Å²) < 4.78 is 8.88. The Balaban J connectivity index is -0.000000131. The number of phosphoric acid groups is 1. The molecule has 0 rings (SSSR count). The molecule has 0 fully saturated rings. The van der Waals surface area contributed by atoms with E-state index in [0.29, 0.717) is 12.3 Å². The topological polar surface area (TPSA) is 94.8 Å². The van der Waals surface area contributed by atoms with E-state index in [2.05, 4.69) is 13.2 Å². The standard InChI is InChI=1S/C4H7ClO.C2H4.H3O4P/c5-3-1-2-4-6;1-2;1-5(2,3)4/h4H,1-3H2;1-2H2;(H3,1,2,3,4). The van der Waals surface area contributed by atoms with Gasteiger partial charge in [0, 0.05) is 12.3 Å². The SMILES string of the molecule is C=C.O=CCCCCl.O=P(O)(O)O. The van der Waals surface area contributed by atoms with E-state index in [1.165, 1.54) is 0 Å². The summed E-state index contributed by atoms with van der Waals surface area (Å²) in [5.41, 5.74) is 0. The van der Waals surface area contributed by atoms with Crippen molar-refractivity contribution < 1.29 is 24.0 Å². The molecule has 0 radical (unpaired) electrons. The van der Waals surface area contributed by atoms with E-state index in [0.717, 1.165) is 12.7 Å². The van der Waals surface area contributed by atoms with Gasteiger partial charge in [-0.3, -0.25) is 0 Å². The van der Waals surface area contributed by atoms with Crippen molar-refractivity contribution in [3.8, 4) is 0 Å². The van der Waals surface area contributed by atoms with Crippen LogP contribution in [0.5, 0.6) is 0 Å². The normalized spacial score (nSPS) is 8.62. The first-order valence-electron chi connectivity index (χ1n) is 3.19. The van der Waals surface area contributed by atoms with Gasteiger partial charge in [-0.1, -0.05) is 0 Å². The van der Waals surface area contributed by atoms with Crippen LogP contribution in [0.4, 0.5) is 0 Å². The van der Waals surface area contributed by atoms with E-state index in [-0.39, 0.29) is 0 Å². The molecule has 5 nitrogen and oxygen atoms in total. The summed E-state index contributed by atoms with van der Waals surface area (Å²) in [6.07, 6.45) is 2.29. The maximum absolute atomic E-state index is 9.51. The Morgan fingerprint density at radius 2 is 1.62 bits per heavy atom. The van der Waals surface area contributed by atoms with Gasteiger partial charge in [-0.15, -0.1) is 24.8 Å². The zero-order chi connectivity index (χ0) is 11.3. The monoisotopic (exact) mass is 232 g/mol. The fourth-order valence-electron chi connectivity index (χ4n) is 0.160. The number of carbonyl (C=O) groups is 1. The first kappa shape index (κ1) is 18.6. The maximum Gasteiger partial charge on any atom is 0.466 e. The summed E-state index contributed by atoms with van der Waals surface area (Å²) in [7, 11) is -4.64. The molecule has 7 heteroatoms. The van der Waals surface area contributed by atoms with E-state index >= 15 is 0 Å². The predicted molar refractivity (Wildman–Crippen MR) is 51.5 cm³/mol. The third kappa shape index (κ3) is 144. The van der Waals surface area contributed by atoms with Crippen LogP contribution in [0.1, 0.15) is 12.8 Å². The van der Waals surface area contributed by atoms with Crippen LogP contribution in [0.15, 0.2) is 13.2 Å². The average Bonchev–Trinajstić information content (AvgIpc) is 2.02. The molecular weight excluding hydrogens is 218 g/mol. The largest absolute Gasteiger partial charge is 0.466 e. The second-order valence-corrected chi connectivity index (χ2v) is 2.92. The Morgan fingerprint density at radius 3 is 1.69 bits per heavy atom. The summed E-state index contributed by atoms with van der Waals surface area (Å²) >= 11 is 5.22. The lowest BCUT2D eigenvalue weighted by molar-refractivity contribution is -0.107. The number of unbranched alkanes of at least 4 members (excludes halogenated alkanes) is 1. The molecule has 0 bridgehead atoms. The molecule has 0 aromatic rings. The van der Waals surface area contributed by atoms with Gasteiger partial charge in [0.2, 0.25) is 0 Å². The van der Waals surface area contributed by atoms with E-state index in [1.54, 1.807) is 0 Å². The molecule has 0 saturated heterocycles. The van der Waals surface area contributed by atoms with Crippen LogP contribution in [0.2, 0.25) is 0 Å². The van der Waals surface area contributed by atoms with Gasteiger partial charge in [0.1, 0.15) is 6.29 Å². The van der Waals surface area contributed by atoms with Crippen LogP contribution < -0.4 is 0 Å². The number of hydrogen-bond acceptors (Lipinski definition) is 2. The fourth-order valence-corrected chi connectivity index (χ4v) is 0.315. The van der Waals surface area contributed by atoms with Crippen LogP contribution >= 0.6 is 19.4 Å². The van der Waals surface area contributed by atoms with E-state index in [4.69, 9.17) is 30.8 Å². The van der Waals surface area contributed by atoms with Crippen LogP contribution in [-0.2, 0) is 9.36 Å². The molecule has 0 unspecified atom stereocenters. The van der Waals surface area contributed by atoms with Crippen molar-refractivity contribution in [1.82, 2.24) is 0 Å². The van der Waals surface area contributed by atoms with Gasteiger partial charge >= 0.3 is 7.82 Å². The molecule has 0 aliphatic heterocycles. The molecule has 0 aromatic heterocycles. The molecule has 0 heterocycles. The third-order valence-electron chi connectivity index (χ3n) is 0.456. The summed E-state index contributed by atoms with van der Waals surface area (Å²) in [4.78, 5) is 31.1. The summed E-state index contributed by atoms with van der Waals surface area (Å²) in [5, 5.41) is 0. The Kier molecular flexibility index (Phi) is 20.5. The minimum atomic E-state index is -4.64. The molecule has 0 aliphatic rings. The summed E-state index contributed by atoms with van der Waals surface area (Å²) in [6, 6.07) is 0. The van der Waals surface area contributed by atoms with Crippen LogP contribution in [0, 0.1) is 0 Å². The number of carbonyl (C=O) groups excluding carboxylic acids is 1. The zero-order valence-electron chi connectivity index (χ0n) is 7.10. The predicted octanol–water partition coefficient (Wildman–Crippen LogP) is 1.08. The number of aldehydes is 1. The first-order valence-corrected chi connectivity index (χ1v) is 5.29. The number of halogens is 1. The Morgan fingerprint density at radius 1 is 1.31 bits per heavy atom. The highest BCUT2D eigenvalue weighted by atomic mass is 35.5. The van der Waals surface area contributed by atoms with Gasteiger partial charge in [0.15, 0.2) is 0 Å². The Hall–Kier alpha value is -0.190. The highest BCUT2D eigenvalue weighted by Crippen LogP contribution is 2.25. The molecule has 0 atom stereocenters. The molecule has 0 aromatic carbocycles. The van der Waals surface area contributed by atoms with Gasteiger partial charge in [-0.2, -0.15) is 0 Å². The smallest absolute Gasteiger partial charge is 0.303 e. The van der Waals surface area contributed by atoms with Crippen molar-refractivity contribution >= 4 is 25.7 Å². The second kappa shape index (κ2) is 14.3. The van der Waals surface area contributed by atoms with Crippen LogP contribution in [-0.4, -0.2) is 26.8 Å². The van der Waals surface area contributed by atoms with Crippen molar-refractivity contribution in [3.05, 3.63) is 13.2 Å². The van der Waals surface area contributed by atoms with Crippen molar-refractivity contribution in [2.24, 2.45) is 0 Å². The quantitative estimate of drug-likeness (QED) is 0.223. The maximum atomic E-state index is 9.51. The van der Waals surface area contributed by atoms with Crippen molar-refractivity contribution in [2.75, 3.05) is 5.88 Å². The number of hydrogen-bond donors (Lipinski definition) is 3. The lowest BCUT2D eigenvalue weighted by Gasteiger charge is -1.82. The minimum absolute atomic E-state index is 0.596. The lowest BCUT2D eigenvalue weighted by atomic mass is 10.4. The van der Waals surface area contributed by atoms with Gasteiger partial charge in [0.05, 0.1) is 0 Å². The van der Waals surface area contributed by atoms with Gasteiger partial charge in [-0.25, -0.2) is 4.57 Å². The molecule has 80 valence electrons. The Labute approximate surface area is 82.3 Å². The number of rotatable bonds is 3. The van der Waals surface area contributed by atoms with E-state index in [9.17, 15) is 4.79 Å². The molecule has 0 spiro atoms. The highest BCUT2D eigenvalue weighted by Gasteiger charge is 2.00. The molecule has 0 amide bonds. The highest BCUT2D eigenvalue weighted by molar-refractivity contribution is 7.45. The molecular formula is C6H14ClO5P. The summed E-state index contributed by atoms with van der Waals surface area (Å²) in [5.74, 6) is 0.596. The van der Waals surface area contributed by atoms with Crippen LogP contribution in [0.25, 0.3) is 0 Å². The van der Waals surface area contributed by atoms with Crippen LogP contribution in [0.3, 0.4) is 0 Å². The number of alkyl halides is 1. The molecule has 3 N–H and O–H groups in total. The molecule has 13 heavy (non-hydrogen) atoms. The molecule has 0 aliphatic carbocycles. The van der Waals surface area contributed by atoms with E-state index < -0.39 is 7.82 Å². The second-order valence-electron chi connectivity index (χ2n) is 1.51. The third-order valence-corrected chi connectivity index (χ3v) is 0.723. The Bertz CT molecular complexity index is 138. The van der Waals surface area contributed by atoms with Crippen molar-refractivity contribution in [3.63, 3.8) is 0 Å². The minimum Gasteiger partial charge on any atom is -0.303 e. The van der Waals surface area contributed by atoms with Gasteiger partial charge in [-0.05, 0) is 6.42 Å². The lowest BCUT2D eigenvalue weighted by Crippen LogP contribution is -1.74. The summed E-state index contributed by atoms with van der Waals surface area (Å²) in [6.45, 7) is 6.00. The van der Waals surface area contributed by atoms with E-state index in [1.807, 2.05) is 0 Å². The van der Waals surface area contributed by atoms with Gasteiger partial charge in [0.25, 0.3) is 0 Å². The zero-order valence-corrected chi connectivity index (χ0v) is 8.75.